The number of benzene rings is 1. The Morgan fingerprint density at radius 1 is 1.17 bits per heavy atom. The summed E-state index contributed by atoms with van der Waals surface area (Å²) < 4.78 is 1.50. The van der Waals surface area contributed by atoms with Gasteiger partial charge >= 0.3 is 0 Å². The number of hydrogen-bond donors (Lipinski definition) is 1. The molecule has 1 N–H and O–H groups in total. The van der Waals surface area contributed by atoms with Crippen LogP contribution in [0.15, 0.2) is 30.3 Å². The highest BCUT2D eigenvalue weighted by atomic mass is 16.2. The highest BCUT2D eigenvalue weighted by Crippen LogP contribution is 2.19. The molecule has 0 unspecified atom stereocenters. The number of carbonyl (C=O) groups is 1. The van der Waals surface area contributed by atoms with Crippen molar-refractivity contribution in [3.05, 3.63) is 41.7 Å². The lowest BCUT2D eigenvalue weighted by atomic mass is 10.1. The molecule has 1 aliphatic rings. The van der Waals surface area contributed by atoms with Crippen molar-refractivity contribution in [1.82, 2.24) is 25.5 Å². The van der Waals surface area contributed by atoms with E-state index in [9.17, 15) is 4.79 Å². The number of aromatic nitrogens is 4. The summed E-state index contributed by atoms with van der Waals surface area (Å²) in [5, 5.41) is 14.7. The summed E-state index contributed by atoms with van der Waals surface area (Å²) in [7, 11) is 0. The third-order valence-electron chi connectivity index (χ3n) is 4.38. The molecule has 6 heteroatoms. The largest absolute Gasteiger partial charge is 0.348 e. The van der Waals surface area contributed by atoms with E-state index in [2.05, 4.69) is 20.8 Å². The average Bonchev–Trinajstić information content (AvgIpc) is 2.85. The Hall–Kier alpha value is -2.50. The molecule has 2 aromatic rings. The van der Waals surface area contributed by atoms with Gasteiger partial charge in [0.05, 0.1) is 0 Å². The van der Waals surface area contributed by atoms with Crippen molar-refractivity contribution in [1.29, 1.82) is 0 Å². The minimum atomic E-state index is -0.124. The highest BCUT2D eigenvalue weighted by molar-refractivity contribution is 6.18. The van der Waals surface area contributed by atoms with Crippen LogP contribution in [0, 0.1) is 6.92 Å². The SMILES string of the molecule is Cc1nnnn1C(=Cc1ccccc1)C(=O)NC1CCCCCC1. The van der Waals surface area contributed by atoms with Gasteiger partial charge in [-0.1, -0.05) is 56.0 Å². The minimum absolute atomic E-state index is 0.124. The zero-order valence-corrected chi connectivity index (χ0v) is 14.0. The molecule has 3 rings (SSSR count). The number of amides is 1. The standard InChI is InChI=1S/C18H23N5O/c1-14-20-21-22-23(14)17(13-15-9-5-4-6-10-15)18(24)19-16-11-7-2-3-8-12-16/h4-6,9-10,13,16H,2-3,7-8,11-12H2,1H3,(H,19,24). The minimum Gasteiger partial charge on any atom is -0.348 e. The Balaban J connectivity index is 1.85. The fourth-order valence-electron chi connectivity index (χ4n) is 3.07. The summed E-state index contributed by atoms with van der Waals surface area (Å²) >= 11 is 0. The highest BCUT2D eigenvalue weighted by Gasteiger charge is 2.20. The maximum atomic E-state index is 12.9. The fourth-order valence-corrected chi connectivity index (χ4v) is 3.07. The van der Waals surface area contributed by atoms with Crippen LogP contribution < -0.4 is 5.32 Å². The van der Waals surface area contributed by atoms with Crippen LogP contribution in [0.2, 0.25) is 0 Å². The molecule has 126 valence electrons. The van der Waals surface area contributed by atoms with Crippen LogP contribution in [0.3, 0.4) is 0 Å². The summed E-state index contributed by atoms with van der Waals surface area (Å²) in [6, 6.07) is 9.98. The van der Waals surface area contributed by atoms with Gasteiger partial charge in [-0.3, -0.25) is 4.79 Å². The smallest absolute Gasteiger partial charge is 0.270 e. The summed E-state index contributed by atoms with van der Waals surface area (Å²) in [6.07, 6.45) is 8.77. The first kappa shape index (κ1) is 16.4. The van der Waals surface area contributed by atoms with Gasteiger partial charge in [0.1, 0.15) is 5.70 Å². The number of carbonyl (C=O) groups excluding carboxylic acids is 1. The molecule has 0 bridgehead atoms. The predicted octanol–water partition coefficient (Wildman–Crippen LogP) is 2.82. The third kappa shape index (κ3) is 4.07. The molecule has 0 saturated heterocycles. The van der Waals surface area contributed by atoms with E-state index in [1.165, 1.54) is 30.4 Å². The lowest BCUT2D eigenvalue weighted by Crippen LogP contribution is -2.36. The van der Waals surface area contributed by atoms with Gasteiger partial charge in [-0.2, -0.15) is 4.68 Å². The van der Waals surface area contributed by atoms with Gasteiger partial charge in [-0.25, -0.2) is 0 Å². The molecular weight excluding hydrogens is 302 g/mol. The van der Waals surface area contributed by atoms with E-state index in [0.717, 1.165) is 18.4 Å². The summed E-state index contributed by atoms with van der Waals surface area (Å²) in [5.74, 6) is 0.467. The number of nitrogens with zero attached hydrogens (tertiary/aromatic N) is 4. The van der Waals surface area contributed by atoms with Gasteiger partial charge < -0.3 is 5.32 Å². The van der Waals surface area contributed by atoms with Crippen LogP contribution in [0.5, 0.6) is 0 Å². The van der Waals surface area contributed by atoms with Crippen molar-refractivity contribution in [2.45, 2.75) is 51.5 Å². The summed E-state index contributed by atoms with van der Waals surface area (Å²) in [5.41, 5.74) is 1.39. The van der Waals surface area contributed by atoms with Crippen LogP contribution in [0.1, 0.15) is 49.9 Å². The number of nitrogens with one attached hydrogen (secondary N) is 1. The second kappa shape index (κ2) is 7.86. The first-order chi connectivity index (χ1) is 11.7. The molecule has 6 nitrogen and oxygen atoms in total. The monoisotopic (exact) mass is 325 g/mol. The zero-order chi connectivity index (χ0) is 16.8. The molecular formula is C18H23N5O. The number of hydrogen-bond acceptors (Lipinski definition) is 4. The molecule has 0 spiro atoms. The molecule has 1 fully saturated rings. The van der Waals surface area contributed by atoms with Crippen LogP contribution in [-0.2, 0) is 4.79 Å². The van der Waals surface area contributed by atoms with E-state index in [1.54, 1.807) is 6.92 Å². The molecule has 1 heterocycles. The van der Waals surface area contributed by atoms with E-state index in [0.29, 0.717) is 11.5 Å². The van der Waals surface area contributed by atoms with Crippen molar-refractivity contribution >= 4 is 17.7 Å². The molecule has 1 amide bonds. The zero-order valence-electron chi connectivity index (χ0n) is 14.0. The molecule has 1 aliphatic carbocycles. The molecule has 1 aromatic carbocycles. The van der Waals surface area contributed by atoms with Gasteiger partial charge in [0.25, 0.3) is 5.91 Å². The maximum absolute atomic E-state index is 12.9. The van der Waals surface area contributed by atoms with Crippen LogP contribution in [0.4, 0.5) is 0 Å². The van der Waals surface area contributed by atoms with Crippen LogP contribution in [-0.4, -0.2) is 32.2 Å². The topological polar surface area (TPSA) is 72.7 Å². The van der Waals surface area contributed by atoms with E-state index in [4.69, 9.17) is 0 Å². The van der Waals surface area contributed by atoms with E-state index < -0.39 is 0 Å². The molecule has 0 radical (unpaired) electrons. The number of aryl methyl sites for hydroxylation is 1. The van der Waals surface area contributed by atoms with Crippen molar-refractivity contribution in [2.24, 2.45) is 0 Å². The van der Waals surface area contributed by atoms with Crippen molar-refractivity contribution in [3.8, 4) is 0 Å². The van der Waals surface area contributed by atoms with Crippen molar-refractivity contribution in [2.75, 3.05) is 0 Å². The lowest BCUT2D eigenvalue weighted by Gasteiger charge is -2.17. The third-order valence-corrected chi connectivity index (χ3v) is 4.38. The van der Waals surface area contributed by atoms with E-state index >= 15 is 0 Å². The van der Waals surface area contributed by atoms with Crippen molar-refractivity contribution < 1.29 is 4.79 Å². The van der Waals surface area contributed by atoms with Gasteiger partial charge in [0.2, 0.25) is 0 Å². The maximum Gasteiger partial charge on any atom is 0.270 e. The molecule has 24 heavy (non-hydrogen) atoms. The molecule has 1 aromatic heterocycles. The van der Waals surface area contributed by atoms with Gasteiger partial charge in [0.15, 0.2) is 5.82 Å². The second-order valence-corrected chi connectivity index (χ2v) is 6.24. The summed E-state index contributed by atoms with van der Waals surface area (Å²) in [4.78, 5) is 12.9. The van der Waals surface area contributed by atoms with E-state index in [1.807, 2.05) is 36.4 Å². The number of tetrazole rings is 1. The predicted molar refractivity (Wildman–Crippen MR) is 92.8 cm³/mol. The van der Waals surface area contributed by atoms with E-state index in [-0.39, 0.29) is 11.9 Å². The lowest BCUT2D eigenvalue weighted by molar-refractivity contribution is -0.116. The van der Waals surface area contributed by atoms with Gasteiger partial charge in [-0.05, 0) is 41.8 Å². The number of rotatable bonds is 4. The van der Waals surface area contributed by atoms with Gasteiger partial charge in [0, 0.05) is 6.04 Å². The second-order valence-electron chi connectivity index (χ2n) is 6.24. The van der Waals surface area contributed by atoms with Crippen molar-refractivity contribution in [3.63, 3.8) is 0 Å². The van der Waals surface area contributed by atoms with Crippen LogP contribution in [0.25, 0.3) is 11.8 Å². The fraction of sp³-hybridized carbons (Fsp3) is 0.444. The Bertz CT molecular complexity index is 699. The molecule has 1 saturated carbocycles. The Morgan fingerprint density at radius 2 is 1.88 bits per heavy atom. The Kier molecular flexibility index (Phi) is 5.36. The molecule has 0 atom stereocenters. The first-order valence-electron chi connectivity index (χ1n) is 8.57. The Morgan fingerprint density at radius 3 is 2.50 bits per heavy atom. The molecule has 0 aliphatic heterocycles. The normalized spacial score (nSPS) is 16.6. The average molecular weight is 325 g/mol. The quantitative estimate of drug-likeness (QED) is 0.693. The van der Waals surface area contributed by atoms with Crippen LogP contribution >= 0.6 is 0 Å². The summed E-state index contributed by atoms with van der Waals surface area (Å²) in [6.45, 7) is 1.79. The first-order valence-corrected chi connectivity index (χ1v) is 8.57. The van der Waals surface area contributed by atoms with Gasteiger partial charge in [-0.15, -0.1) is 5.10 Å². The Labute approximate surface area is 142 Å².